The molecule has 0 N–H and O–H groups in total. The smallest absolute Gasteiger partial charge is 0.299 e. The molecule has 22 heavy (non-hydrogen) atoms. The molecular weight excluding hydrogens is 306 g/mol. The average molecular weight is 318 g/mol. The second-order valence-corrected chi connectivity index (χ2v) is 5.73. The summed E-state index contributed by atoms with van der Waals surface area (Å²) in [7, 11) is 0. The fourth-order valence-corrected chi connectivity index (χ4v) is 3.13. The lowest BCUT2D eigenvalue weighted by molar-refractivity contribution is -0.139. The number of carbonyl (C=O) groups excluding carboxylic acids is 2. The van der Waals surface area contributed by atoms with E-state index in [2.05, 4.69) is 0 Å². The third-order valence-electron chi connectivity index (χ3n) is 4.02. The first kappa shape index (κ1) is 13.4. The van der Waals surface area contributed by atoms with Gasteiger partial charge in [-0.3, -0.25) is 9.59 Å². The monoisotopic (exact) mass is 317 g/mol. The van der Waals surface area contributed by atoms with Crippen LogP contribution in [0.15, 0.2) is 35.6 Å². The summed E-state index contributed by atoms with van der Waals surface area (Å²) in [5.74, 6) is 0.265. The number of benzene rings is 1. The lowest BCUT2D eigenvalue weighted by atomic mass is 10.0. The molecule has 6 heteroatoms. The summed E-state index contributed by atoms with van der Waals surface area (Å²) >= 11 is 6.26. The fourth-order valence-electron chi connectivity index (χ4n) is 2.92. The summed E-state index contributed by atoms with van der Waals surface area (Å²) in [5, 5.41) is 0.491. The molecule has 5 nitrogen and oxygen atoms in total. The van der Waals surface area contributed by atoms with Gasteiger partial charge in [0.05, 0.1) is 6.54 Å². The number of rotatable bonds is 2. The molecular formula is C16H12ClNO4. The number of ketones is 1. The number of fused-ring (bicyclic) bond motifs is 1. The summed E-state index contributed by atoms with van der Waals surface area (Å²) in [6, 6.07) is 3.44. The van der Waals surface area contributed by atoms with Crippen LogP contribution in [0.3, 0.4) is 0 Å². The van der Waals surface area contributed by atoms with Crippen LogP contribution in [0.4, 0.5) is 0 Å². The van der Waals surface area contributed by atoms with Crippen molar-refractivity contribution in [3.8, 4) is 11.5 Å². The van der Waals surface area contributed by atoms with Gasteiger partial charge in [-0.05, 0) is 24.5 Å². The zero-order valence-corrected chi connectivity index (χ0v) is 12.4. The van der Waals surface area contributed by atoms with Gasteiger partial charge < -0.3 is 14.4 Å². The van der Waals surface area contributed by atoms with Crippen molar-refractivity contribution >= 4 is 23.3 Å². The van der Waals surface area contributed by atoms with Crippen molar-refractivity contribution in [1.82, 2.24) is 4.90 Å². The Morgan fingerprint density at radius 1 is 1.18 bits per heavy atom. The Morgan fingerprint density at radius 3 is 2.77 bits per heavy atom. The number of Topliss-reactive ketones (excluding diaryl/α,β-unsaturated/α-hetero) is 1. The van der Waals surface area contributed by atoms with Crippen LogP contribution >= 0.6 is 11.6 Å². The molecule has 0 fully saturated rings. The maximum atomic E-state index is 12.2. The number of hydrogen-bond donors (Lipinski definition) is 0. The molecule has 1 aromatic carbocycles. The summed E-state index contributed by atoms with van der Waals surface area (Å²) in [6.45, 7) is 0.420. The van der Waals surface area contributed by atoms with Gasteiger partial charge in [-0.2, -0.15) is 0 Å². The molecule has 0 unspecified atom stereocenters. The van der Waals surface area contributed by atoms with Gasteiger partial charge in [0, 0.05) is 22.4 Å². The first-order chi connectivity index (χ1) is 10.6. The quantitative estimate of drug-likeness (QED) is 0.787. The van der Waals surface area contributed by atoms with Crippen LogP contribution in [0, 0.1) is 0 Å². The predicted octanol–water partition coefficient (Wildman–Crippen LogP) is 2.58. The first-order valence-electron chi connectivity index (χ1n) is 6.99. The Balaban J connectivity index is 1.69. The van der Waals surface area contributed by atoms with Crippen molar-refractivity contribution in [2.24, 2.45) is 0 Å². The number of amides is 1. The Morgan fingerprint density at radius 2 is 1.95 bits per heavy atom. The molecule has 1 aliphatic carbocycles. The third-order valence-corrected chi connectivity index (χ3v) is 4.37. The van der Waals surface area contributed by atoms with E-state index in [1.54, 1.807) is 18.2 Å². The Labute approximate surface area is 131 Å². The van der Waals surface area contributed by atoms with Gasteiger partial charge in [0.15, 0.2) is 11.5 Å². The molecule has 2 aliphatic heterocycles. The van der Waals surface area contributed by atoms with Crippen LogP contribution in [0.2, 0.25) is 5.02 Å². The highest BCUT2D eigenvalue weighted by Gasteiger charge is 2.38. The van der Waals surface area contributed by atoms with E-state index in [9.17, 15) is 9.59 Å². The van der Waals surface area contributed by atoms with Gasteiger partial charge in [0.2, 0.25) is 6.79 Å². The minimum Gasteiger partial charge on any atom is -0.454 e. The number of ether oxygens (including phenoxy) is 2. The second-order valence-electron chi connectivity index (χ2n) is 5.32. The number of allylic oxidation sites excluding steroid dienone is 3. The van der Waals surface area contributed by atoms with Crippen LogP contribution < -0.4 is 9.47 Å². The normalized spacial score (nSPS) is 19.2. The highest BCUT2D eigenvalue weighted by atomic mass is 35.5. The Hall–Kier alpha value is -2.27. The fraction of sp³-hybridized carbons (Fsp3) is 0.250. The maximum Gasteiger partial charge on any atom is 0.299 e. The van der Waals surface area contributed by atoms with Crippen molar-refractivity contribution in [1.29, 1.82) is 0 Å². The van der Waals surface area contributed by atoms with Crippen LogP contribution in [0.1, 0.15) is 18.4 Å². The summed E-state index contributed by atoms with van der Waals surface area (Å²) in [6.07, 6.45) is 5.16. The minimum absolute atomic E-state index is 0.163. The van der Waals surface area contributed by atoms with Crippen LogP contribution in [0.5, 0.6) is 11.5 Å². The number of carbonyl (C=O) groups is 2. The minimum atomic E-state index is -0.495. The van der Waals surface area contributed by atoms with E-state index in [4.69, 9.17) is 21.1 Å². The lowest BCUT2D eigenvalue weighted by Gasteiger charge is -2.21. The highest BCUT2D eigenvalue weighted by Crippen LogP contribution is 2.39. The topological polar surface area (TPSA) is 55.8 Å². The summed E-state index contributed by atoms with van der Waals surface area (Å²) in [4.78, 5) is 25.8. The number of nitrogens with zero attached hydrogens (tertiary/aromatic N) is 1. The molecule has 0 spiro atoms. The van der Waals surface area contributed by atoms with E-state index in [-0.39, 0.29) is 13.3 Å². The Bertz CT molecular complexity index is 766. The zero-order chi connectivity index (χ0) is 15.3. The van der Waals surface area contributed by atoms with Gasteiger partial charge in [0.1, 0.15) is 0 Å². The van der Waals surface area contributed by atoms with Gasteiger partial charge in [-0.15, -0.1) is 0 Å². The molecule has 0 saturated carbocycles. The lowest BCUT2D eigenvalue weighted by Crippen LogP contribution is -2.28. The molecule has 4 rings (SSSR count). The highest BCUT2D eigenvalue weighted by molar-refractivity contribution is 6.46. The molecule has 112 valence electrons. The van der Waals surface area contributed by atoms with E-state index in [0.29, 0.717) is 28.5 Å². The van der Waals surface area contributed by atoms with Gasteiger partial charge >= 0.3 is 0 Å². The number of hydrogen-bond acceptors (Lipinski definition) is 4. The van der Waals surface area contributed by atoms with Crippen LogP contribution in [0.25, 0.3) is 0 Å². The van der Waals surface area contributed by atoms with E-state index in [1.165, 1.54) is 4.90 Å². The zero-order valence-electron chi connectivity index (χ0n) is 11.6. The molecule has 1 aromatic rings. The summed E-state index contributed by atoms with van der Waals surface area (Å²) < 4.78 is 10.6. The van der Waals surface area contributed by atoms with Crippen LogP contribution in [-0.4, -0.2) is 23.4 Å². The van der Waals surface area contributed by atoms with Gasteiger partial charge in [-0.25, -0.2) is 0 Å². The maximum absolute atomic E-state index is 12.2. The molecule has 1 amide bonds. The van der Waals surface area contributed by atoms with Crippen molar-refractivity contribution in [3.05, 3.63) is 46.1 Å². The van der Waals surface area contributed by atoms with Crippen molar-refractivity contribution in [2.75, 3.05) is 6.79 Å². The van der Waals surface area contributed by atoms with E-state index < -0.39 is 11.7 Å². The van der Waals surface area contributed by atoms with E-state index in [1.807, 2.05) is 6.08 Å². The van der Waals surface area contributed by atoms with Gasteiger partial charge in [0.25, 0.3) is 11.7 Å². The van der Waals surface area contributed by atoms with Gasteiger partial charge in [-0.1, -0.05) is 23.8 Å². The molecule has 3 aliphatic rings. The molecule has 2 heterocycles. The second kappa shape index (κ2) is 4.88. The van der Waals surface area contributed by atoms with Crippen molar-refractivity contribution in [3.63, 3.8) is 0 Å². The Kier molecular flexibility index (Phi) is 2.97. The number of halogens is 1. The molecule has 0 atom stereocenters. The summed E-state index contributed by atoms with van der Waals surface area (Å²) in [5.41, 5.74) is 2.02. The molecule has 0 radical (unpaired) electrons. The first-order valence-corrected chi connectivity index (χ1v) is 7.37. The molecule has 0 saturated heterocycles. The van der Waals surface area contributed by atoms with Crippen LogP contribution in [-0.2, 0) is 16.1 Å². The third kappa shape index (κ3) is 1.93. The predicted molar refractivity (Wildman–Crippen MR) is 78.5 cm³/mol. The molecule has 0 aromatic heterocycles. The molecule has 0 bridgehead atoms. The van der Waals surface area contributed by atoms with E-state index >= 15 is 0 Å². The standard InChI is InChI=1S/C16H12ClNO4/c17-11-6-14-13(21-8-22-14)5-9(11)7-18-12-4-2-1-3-10(12)15(19)16(18)20/h1,3,5-6H,2,4,7-8H2. The average Bonchev–Trinajstić information content (AvgIpc) is 3.06. The largest absolute Gasteiger partial charge is 0.454 e. The van der Waals surface area contributed by atoms with E-state index in [0.717, 1.165) is 17.7 Å². The SMILES string of the molecule is O=C1C(=O)N(Cc2cc3c(cc2Cl)OCO3)C2=C1C=CCC2. The van der Waals surface area contributed by atoms with Crippen molar-refractivity contribution in [2.45, 2.75) is 19.4 Å². The van der Waals surface area contributed by atoms with Crippen molar-refractivity contribution < 1.29 is 19.1 Å².